The molecule has 0 bridgehead atoms. The van der Waals surface area contributed by atoms with Crippen molar-refractivity contribution in [1.82, 2.24) is 9.97 Å². The number of carboxylic acid groups (broad SMARTS) is 1. The second kappa shape index (κ2) is 5.72. The van der Waals surface area contributed by atoms with Gasteiger partial charge in [0.1, 0.15) is 10.8 Å². The number of amides is 1. The van der Waals surface area contributed by atoms with E-state index in [-0.39, 0.29) is 22.6 Å². The molecule has 3 rings (SSSR count). The van der Waals surface area contributed by atoms with Crippen LogP contribution < -0.4 is 10.1 Å². The number of nitrogens with one attached hydrogen (secondary N) is 1. The van der Waals surface area contributed by atoms with Crippen molar-refractivity contribution >= 4 is 29.0 Å². The molecule has 7 nitrogen and oxygen atoms in total. The van der Waals surface area contributed by atoms with E-state index in [0.29, 0.717) is 16.4 Å². The Bertz CT molecular complexity index is 739. The van der Waals surface area contributed by atoms with E-state index < -0.39 is 5.97 Å². The monoisotopic (exact) mass is 319 g/mol. The van der Waals surface area contributed by atoms with Gasteiger partial charge in [0.2, 0.25) is 11.8 Å². The predicted molar refractivity (Wildman–Crippen MR) is 80.2 cm³/mol. The molecule has 1 aliphatic rings. The fourth-order valence-corrected chi connectivity index (χ4v) is 2.78. The molecule has 1 saturated carbocycles. The number of pyridine rings is 1. The maximum atomic E-state index is 11.8. The van der Waals surface area contributed by atoms with Gasteiger partial charge in [-0.05, 0) is 25.0 Å². The molecule has 0 spiro atoms. The van der Waals surface area contributed by atoms with Crippen molar-refractivity contribution in [3.63, 3.8) is 0 Å². The number of thiazole rings is 1. The summed E-state index contributed by atoms with van der Waals surface area (Å²) in [5.41, 5.74) is 0.678. The molecule has 1 fully saturated rings. The Morgan fingerprint density at radius 2 is 2.23 bits per heavy atom. The zero-order valence-corrected chi connectivity index (χ0v) is 12.5. The van der Waals surface area contributed by atoms with Crippen LogP contribution in [0.4, 0.5) is 5.82 Å². The van der Waals surface area contributed by atoms with E-state index in [1.165, 1.54) is 7.11 Å². The number of hydrogen-bond donors (Lipinski definition) is 2. The van der Waals surface area contributed by atoms with Crippen molar-refractivity contribution in [2.45, 2.75) is 12.8 Å². The Hall–Kier alpha value is -2.48. The predicted octanol–water partition coefficient (Wildman–Crippen LogP) is 2.26. The molecule has 22 heavy (non-hydrogen) atoms. The first-order valence-electron chi connectivity index (χ1n) is 6.64. The average molecular weight is 319 g/mol. The zero-order valence-electron chi connectivity index (χ0n) is 11.7. The Balaban J connectivity index is 1.88. The summed E-state index contributed by atoms with van der Waals surface area (Å²) in [6.45, 7) is 0. The summed E-state index contributed by atoms with van der Waals surface area (Å²) in [4.78, 5) is 31.2. The van der Waals surface area contributed by atoms with Crippen LogP contribution in [-0.2, 0) is 4.79 Å². The molecule has 2 heterocycles. The van der Waals surface area contributed by atoms with Gasteiger partial charge in [-0.15, -0.1) is 11.3 Å². The van der Waals surface area contributed by atoms with Gasteiger partial charge in [0, 0.05) is 17.7 Å². The average Bonchev–Trinajstić information content (AvgIpc) is 3.26. The van der Waals surface area contributed by atoms with Gasteiger partial charge >= 0.3 is 5.97 Å². The van der Waals surface area contributed by atoms with Crippen molar-refractivity contribution in [2.24, 2.45) is 5.92 Å². The molecular weight excluding hydrogens is 306 g/mol. The fourth-order valence-electron chi connectivity index (χ4n) is 1.91. The first-order valence-corrected chi connectivity index (χ1v) is 7.45. The summed E-state index contributed by atoms with van der Waals surface area (Å²) in [7, 11) is 1.37. The number of ether oxygens (including phenoxy) is 1. The molecule has 8 heteroatoms. The highest BCUT2D eigenvalue weighted by atomic mass is 32.1. The van der Waals surface area contributed by atoms with Crippen LogP contribution in [0.5, 0.6) is 5.88 Å². The maximum absolute atomic E-state index is 11.8. The molecular formula is C14H13N3O4S. The number of anilines is 1. The number of aromatic carboxylic acids is 1. The van der Waals surface area contributed by atoms with Gasteiger partial charge < -0.3 is 15.2 Å². The van der Waals surface area contributed by atoms with E-state index in [9.17, 15) is 9.59 Å². The van der Waals surface area contributed by atoms with E-state index in [2.05, 4.69) is 15.3 Å². The number of methoxy groups -OCH3 is 1. The van der Waals surface area contributed by atoms with Crippen LogP contribution in [0, 0.1) is 5.92 Å². The second-order valence-electron chi connectivity index (χ2n) is 4.86. The number of rotatable bonds is 5. The first-order chi connectivity index (χ1) is 10.6. The molecule has 114 valence electrons. The minimum atomic E-state index is -1.09. The Morgan fingerprint density at radius 1 is 1.45 bits per heavy atom. The molecule has 2 aromatic heterocycles. The van der Waals surface area contributed by atoms with Crippen LogP contribution in [0.3, 0.4) is 0 Å². The molecule has 0 aromatic carbocycles. The lowest BCUT2D eigenvalue weighted by Crippen LogP contribution is -2.14. The van der Waals surface area contributed by atoms with Gasteiger partial charge in [-0.25, -0.2) is 14.8 Å². The summed E-state index contributed by atoms with van der Waals surface area (Å²) >= 11 is 1.02. The molecule has 0 aliphatic heterocycles. The second-order valence-corrected chi connectivity index (χ2v) is 5.85. The van der Waals surface area contributed by atoms with Crippen LogP contribution >= 0.6 is 11.3 Å². The molecule has 2 N–H and O–H groups in total. The van der Waals surface area contributed by atoms with Gasteiger partial charge in [-0.3, -0.25) is 4.79 Å². The van der Waals surface area contributed by atoms with Gasteiger partial charge in [0.25, 0.3) is 0 Å². The number of carboxylic acids is 1. The summed E-state index contributed by atoms with van der Waals surface area (Å²) in [6.07, 6.45) is 3.38. The Labute approximate surface area is 130 Å². The third-order valence-corrected chi connectivity index (χ3v) is 4.26. The Morgan fingerprint density at radius 3 is 2.82 bits per heavy atom. The van der Waals surface area contributed by atoms with Crippen molar-refractivity contribution in [3.8, 4) is 16.5 Å². The molecule has 0 radical (unpaired) electrons. The molecule has 0 saturated heterocycles. The van der Waals surface area contributed by atoms with Crippen molar-refractivity contribution in [1.29, 1.82) is 0 Å². The highest BCUT2D eigenvalue weighted by Crippen LogP contribution is 2.33. The van der Waals surface area contributed by atoms with Crippen LogP contribution in [0.15, 0.2) is 18.3 Å². The van der Waals surface area contributed by atoms with E-state index in [1.807, 2.05) is 0 Å². The highest BCUT2D eigenvalue weighted by molar-refractivity contribution is 7.17. The number of nitrogens with zero attached hydrogens (tertiary/aromatic N) is 2. The molecule has 2 aromatic rings. The van der Waals surface area contributed by atoms with Crippen LogP contribution in [0.25, 0.3) is 10.6 Å². The minimum absolute atomic E-state index is 0.0346. The highest BCUT2D eigenvalue weighted by Gasteiger charge is 2.29. The standard InChI is InChI=1S/C14H13N3O4S/c1-21-12-10(14(19)20)22-13(17-12)8-4-5-15-9(6-8)16-11(18)7-2-3-7/h4-7H,2-3H2,1H3,(H,19,20)(H,15,16,18). The van der Waals surface area contributed by atoms with Crippen molar-refractivity contribution in [3.05, 3.63) is 23.2 Å². The van der Waals surface area contributed by atoms with Crippen LogP contribution in [0.2, 0.25) is 0 Å². The smallest absolute Gasteiger partial charge is 0.351 e. The topological polar surface area (TPSA) is 101 Å². The van der Waals surface area contributed by atoms with Crippen molar-refractivity contribution < 1.29 is 19.4 Å². The first kappa shape index (κ1) is 14.5. The van der Waals surface area contributed by atoms with Gasteiger partial charge in [-0.2, -0.15) is 0 Å². The molecule has 1 amide bonds. The van der Waals surface area contributed by atoms with Gasteiger partial charge in [-0.1, -0.05) is 0 Å². The normalized spacial score (nSPS) is 13.7. The number of hydrogen-bond acceptors (Lipinski definition) is 6. The lowest BCUT2D eigenvalue weighted by atomic mass is 10.2. The quantitative estimate of drug-likeness (QED) is 0.876. The maximum Gasteiger partial charge on any atom is 0.351 e. The van der Waals surface area contributed by atoms with E-state index in [1.54, 1.807) is 18.3 Å². The molecule has 0 unspecified atom stereocenters. The van der Waals surface area contributed by atoms with Gasteiger partial charge in [0.05, 0.1) is 7.11 Å². The third-order valence-electron chi connectivity index (χ3n) is 3.19. The number of carbonyl (C=O) groups excluding carboxylic acids is 1. The molecule has 1 aliphatic carbocycles. The summed E-state index contributed by atoms with van der Waals surface area (Å²) in [5.74, 6) is -0.526. The third kappa shape index (κ3) is 2.91. The lowest BCUT2D eigenvalue weighted by molar-refractivity contribution is -0.117. The fraction of sp³-hybridized carbons (Fsp3) is 0.286. The zero-order chi connectivity index (χ0) is 15.7. The van der Waals surface area contributed by atoms with E-state index in [4.69, 9.17) is 9.84 Å². The lowest BCUT2D eigenvalue weighted by Gasteiger charge is -2.04. The van der Waals surface area contributed by atoms with Crippen LogP contribution in [-0.4, -0.2) is 34.1 Å². The Kier molecular flexibility index (Phi) is 3.76. The molecule has 0 atom stereocenters. The van der Waals surface area contributed by atoms with Gasteiger partial charge in [0.15, 0.2) is 4.88 Å². The SMILES string of the molecule is COc1nc(-c2ccnc(NC(=O)C3CC3)c2)sc1C(=O)O. The summed E-state index contributed by atoms with van der Waals surface area (Å²) in [5, 5.41) is 12.4. The van der Waals surface area contributed by atoms with Crippen molar-refractivity contribution in [2.75, 3.05) is 12.4 Å². The number of aromatic nitrogens is 2. The minimum Gasteiger partial charge on any atom is -0.480 e. The van der Waals surface area contributed by atoms with Crippen LogP contribution in [0.1, 0.15) is 22.5 Å². The van der Waals surface area contributed by atoms with E-state index in [0.717, 1.165) is 24.2 Å². The van der Waals surface area contributed by atoms with E-state index >= 15 is 0 Å². The summed E-state index contributed by atoms with van der Waals surface area (Å²) < 4.78 is 4.98. The largest absolute Gasteiger partial charge is 0.480 e. The summed E-state index contributed by atoms with van der Waals surface area (Å²) in [6, 6.07) is 3.38. The number of carbonyl (C=O) groups is 2.